The van der Waals surface area contributed by atoms with Gasteiger partial charge in [-0.15, -0.1) is 0 Å². The van der Waals surface area contributed by atoms with Crippen molar-refractivity contribution in [2.75, 3.05) is 5.33 Å². The number of hydrogen-bond donors (Lipinski definition) is 1. The number of halogens is 1. The Morgan fingerprint density at radius 3 is 2.69 bits per heavy atom. The molecule has 0 aliphatic heterocycles. The van der Waals surface area contributed by atoms with Crippen molar-refractivity contribution in [3.05, 3.63) is 23.7 Å². The summed E-state index contributed by atoms with van der Waals surface area (Å²) >= 11 is 3.40. The Hall–Kier alpha value is -0.770. The number of aryl methyl sites for hydroxylation is 1. The Morgan fingerprint density at radius 2 is 2.25 bits per heavy atom. The Morgan fingerprint density at radius 1 is 1.56 bits per heavy atom. The van der Waals surface area contributed by atoms with Gasteiger partial charge in [-0.1, -0.05) is 29.8 Å². The summed E-state index contributed by atoms with van der Waals surface area (Å²) in [4.78, 5) is 11.9. The number of amides is 1. The van der Waals surface area contributed by atoms with Gasteiger partial charge in [-0.25, -0.2) is 0 Å². The maximum atomic E-state index is 11.9. The molecule has 1 N–H and O–H groups in total. The van der Waals surface area contributed by atoms with Gasteiger partial charge in [0.25, 0.3) is 5.91 Å². The Labute approximate surface area is 105 Å². The third kappa shape index (κ3) is 3.67. The van der Waals surface area contributed by atoms with Gasteiger partial charge < -0.3 is 9.73 Å². The summed E-state index contributed by atoms with van der Waals surface area (Å²) in [5.41, 5.74) is 0.595. The number of rotatable bonds is 5. The van der Waals surface area contributed by atoms with Crippen LogP contribution in [0.5, 0.6) is 0 Å². The molecule has 1 unspecified atom stereocenters. The molecule has 1 heterocycles. The highest BCUT2D eigenvalue weighted by Crippen LogP contribution is 2.11. The maximum Gasteiger partial charge on any atom is 0.254 e. The zero-order chi connectivity index (χ0) is 12.1. The van der Waals surface area contributed by atoms with E-state index in [0.717, 1.165) is 17.5 Å². The number of alkyl halides is 1. The quantitative estimate of drug-likeness (QED) is 0.846. The summed E-state index contributed by atoms with van der Waals surface area (Å²) in [6, 6.07) is 1.95. The smallest absolute Gasteiger partial charge is 0.254 e. The lowest BCUT2D eigenvalue weighted by atomic mass is 10.0. The zero-order valence-corrected chi connectivity index (χ0v) is 11.5. The van der Waals surface area contributed by atoms with E-state index in [4.69, 9.17) is 4.42 Å². The van der Waals surface area contributed by atoms with Crippen LogP contribution in [-0.2, 0) is 0 Å². The van der Waals surface area contributed by atoms with Crippen molar-refractivity contribution in [2.45, 2.75) is 33.2 Å². The van der Waals surface area contributed by atoms with Gasteiger partial charge >= 0.3 is 0 Å². The molecular weight excluding hydrogens is 270 g/mol. The van der Waals surface area contributed by atoms with E-state index >= 15 is 0 Å². The van der Waals surface area contributed by atoms with Crippen LogP contribution < -0.4 is 5.32 Å². The standard InChI is InChI=1S/C12H18BrNO2/c1-8(2)11(4-5-13)14-12(15)10-6-9(3)16-7-10/h6-8,11H,4-5H2,1-3H3,(H,14,15). The van der Waals surface area contributed by atoms with Gasteiger partial charge in [0.2, 0.25) is 0 Å². The zero-order valence-electron chi connectivity index (χ0n) is 9.92. The van der Waals surface area contributed by atoms with Gasteiger partial charge in [-0.05, 0) is 25.3 Å². The molecule has 0 bridgehead atoms. The summed E-state index contributed by atoms with van der Waals surface area (Å²) in [6.07, 6.45) is 2.43. The number of hydrogen-bond acceptors (Lipinski definition) is 2. The van der Waals surface area contributed by atoms with Crippen molar-refractivity contribution in [2.24, 2.45) is 5.92 Å². The molecule has 1 rings (SSSR count). The second-order valence-electron chi connectivity index (χ2n) is 4.25. The minimum Gasteiger partial charge on any atom is -0.469 e. The van der Waals surface area contributed by atoms with Gasteiger partial charge in [0, 0.05) is 11.4 Å². The van der Waals surface area contributed by atoms with Gasteiger partial charge in [-0.2, -0.15) is 0 Å². The van der Waals surface area contributed by atoms with Crippen LogP contribution in [0.15, 0.2) is 16.7 Å². The molecule has 0 saturated heterocycles. The average molecular weight is 288 g/mol. The minimum atomic E-state index is -0.0588. The third-order valence-electron chi connectivity index (χ3n) is 2.53. The van der Waals surface area contributed by atoms with Crippen LogP contribution in [0, 0.1) is 12.8 Å². The lowest BCUT2D eigenvalue weighted by Crippen LogP contribution is -2.38. The van der Waals surface area contributed by atoms with E-state index in [1.54, 1.807) is 6.07 Å². The first-order valence-electron chi connectivity index (χ1n) is 5.46. The molecule has 90 valence electrons. The van der Waals surface area contributed by atoms with Crippen molar-refractivity contribution in [3.8, 4) is 0 Å². The van der Waals surface area contributed by atoms with Gasteiger partial charge in [0.05, 0.1) is 5.56 Å². The molecule has 0 spiro atoms. The molecule has 1 aromatic rings. The van der Waals surface area contributed by atoms with Crippen LogP contribution in [0.2, 0.25) is 0 Å². The highest BCUT2D eigenvalue weighted by Gasteiger charge is 2.17. The van der Waals surface area contributed by atoms with Crippen LogP contribution in [0.1, 0.15) is 36.4 Å². The van der Waals surface area contributed by atoms with Crippen LogP contribution in [-0.4, -0.2) is 17.3 Å². The Balaban J connectivity index is 2.61. The molecule has 0 saturated carbocycles. The molecule has 0 aliphatic rings. The van der Waals surface area contributed by atoms with E-state index in [9.17, 15) is 4.79 Å². The molecule has 0 fully saturated rings. The fourth-order valence-corrected chi connectivity index (χ4v) is 2.00. The second kappa shape index (κ2) is 6.09. The van der Waals surface area contributed by atoms with Crippen LogP contribution in [0.3, 0.4) is 0 Å². The minimum absolute atomic E-state index is 0.0588. The lowest BCUT2D eigenvalue weighted by Gasteiger charge is -2.21. The topological polar surface area (TPSA) is 42.2 Å². The highest BCUT2D eigenvalue weighted by molar-refractivity contribution is 9.09. The fraction of sp³-hybridized carbons (Fsp3) is 0.583. The maximum absolute atomic E-state index is 11.9. The number of carbonyl (C=O) groups is 1. The van der Waals surface area contributed by atoms with E-state index in [1.807, 2.05) is 6.92 Å². The second-order valence-corrected chi connectivity index (χ2v) is 5.04. The summed E-state index contributed by atoms with van der Waals surface area (Å²) in [5.74, 6) is 1.12. The largest absolute Gasteiger partial charge is 0.469 e. The van der Waals surface area contributed by atoms with Crippen LogP contribution >= 0.6 is 15.9 Å². The Kier molecular flexibility index (Phi) is 5.06. The summed E-state index contributed by atoms with van der Waals surface area (Å²) < 4.78 is 5.12. The van der Waals surface area contributed by atoms with Gasteiger partial charge in [0.15, 0.2) is 0 Å². The summed E-state index contributed by atoms with van der Waals surface area (Å²) in [5, 5.41) is 3.91. The van der Waals surface area contributed by atoms with E-state index in [0.29, 0.717) is 11.5 Å². The third-order valence-corrected chi connectivity index (χ3v) is 2.99. The summed E-state index contributed by atoms with van der Waals surface area (Å²) in [6.45, 7) is 6.04. The first-order valence-corrected chi connectivity index (χ1v) is 6.58. The normalized spacial score (nSPS) is 12.8. The van der Waals surface area contributed by atoms with Crippen molar-refractivity contribution in [3.63, 3.8) is 0 Å². The predicted molar refractivity (Wildman–Crippen MR) is 67.9 cm³/mol. The molecular formula is C12H18BrNO2. The molecule has 0 radical (unpaired) electrons. The molecule has 0 aromatic carbocycles. The summed E-state index contributed by atoms with van der Waals surface area (Å²) in [7, 11) is 0. The van der Waals surface area contributed by atoms with Crippen molar-refractivity contribution < 1.29 is 9.21 Å². The van der Waals surface area contributed by atoms with Gasteiger partial charge in [0.1, 0.15) is 12.0 Å². The van der Waals surface area contributed by atoms with E-state index in [1.165, 1.54) is 6.26 Å². The molecule has 16 heavy (non-hydrogen) atoms. The van der Waals surface area contributed by atoms with E-state index in [2.05, 4.69) is 35.1 Å². The van der Waals surface area contributed by atoms with Crippen molar-refractivity contribution in [1.29, 1.82) is 0 Å². The fourth-order valence-electron chi connectivity index (χ4n) is 1.50. The average Bonchev–Trinajstić information content (AvgIpc) is 2.64. The van der Waals surface area contributed by atoms with Crippen LogP contribution in [0.4, 0.5) is 0 Å². The monoisotopic (exact) mass is 287 g/mol. The van der Waals surface area contributed by atoms with Gasteiger partial charge in [-0.3, -0.25) is 4.79 Å². The lowest BCUT2D eigenvalue weighted by molar-refractivity contribution is 0.0924. The number of carbonyl (C=O) groups excluding carboxylic acids is 1. The number of furan rings is 1. The molecule has 0 aliphatic carbocycles. The molecule has 1 atom stereocenters. The van der Waals surface area contributed by atoms with Crippen molar-refractivity contribution >= 4 is 21.8 Å². The van der Waals surface area contributed by atoms with E-state index < -0.39 is 0 Å². The number of nitrogens with one attached hydrogen (secondary N) is 1. The molecule has 1 aromatic heterocycles. The van der Waals surface area contributed by atoms with E-state index in [-0.39, 0.29) is 11.9 Å². The molecule has 3 nitrogen and oxygen atoms in total. The van der Waals surface area contributed by atoms with Crippen LogP contribution in [0.25, 0.3) is 0 Å². The Bertz CT molecular complexity index is 347. The SMILES string of the molecule is Cc1cc(C(=O)NC(CCBr)C(C)C)co1. The molecule has 1 amide bonds. The first kappa shape index (κ1) is 13.3. The van der Waals surface area contributed by atoms with Crippen molar-refractivity contribution in [1.82, 2.24) is 5.32 Å². The molecule has 4 heteroatoms. The highest BCUT2D eigenvalue weighted by atomic mass is 79.9. The predicted octanol–water partition coefficient (Wildman–Crippen LogP) is 3.13. The first-order chi connectivity index (χ1) is 7.54.